The van der Waals surface area contributed by atoms with Gasteiger partial charge in [0.1, 0.15) is 5.82 Å². The third kappa shape index (κ3) is 5.66. The molecule has 0 unspecified atom stereocenters. The van der Waals surface area contributed by atoms with Crippen LogP contribution in [0.5, 0.6) is 0 Å². The fraction of sp³-hybridized carbons (Fsp3) is 0.333. The molecule has 1 amide bonds. The Balaban J connectivity index is 1.26. The predicted molar refractivity (Wildman–Crippen MR) is 125 cm³/mol. The van der Waals surface area contributed by atoms with Crippen LogP contribution in [0.1, 0.15) is 24.2 Å². The summed E-state index contributed by atoms with van der Waals surface area (Å²) in [7, 11) is 2.01. The lowest BCUT2D eigenvalue weighted by Gasteiger charge is -2.31. The lowest BCUT2D eigenvalue weighted by atomic mass is 9.96. The van der Waals surface area contributed by atoms with Crippen molar-refractivity contribution < 1.29 is 4.79 Å². The highest BCUT2D eigenvalue weighted by Crippen LogP contribution is 2.27. The van der Waals surface area contributed by atoms with Crippen LogP contribution in [0.25, 0.3) is 0 Å². The van der Waals surface area contributed by atoms with Gasteiger partial charge in [-0.05, 0) is 49.7 Å². The molecule has 1 aliphatic heterocycles. The molecular formula is C24H28ClN5O. The molecule has 31 heavy (non-hydrogen) atoms. The van der Waals surface area contributed by atoms with Crippen LogP contribution in [0.2, 0.25) is 5.02 Å². The Kier molecular flexibility index (Phi) is 6.89. The number of piperidine rings is 1. The quantitative estimate of drug-likeness (QED) is 0.569. The average molecular weight is 438 g/mol. The van der Waals surface area contributed by atoms with Crippen molar-refractivity contribution in [2.75, 3.05) is 23.7 Å². The number of nitrogens with one attached hydrogen (secondary N) is 2. The zero-order valence-electron chi connectivity index (χ0n) is 17.7. The molecule has 162 valence electrons. The molecule has 0 aliphatic carbocycles. The van der Waals surface area contributed by atoms with E-state index in [2.05, 4.69) is 32.7 Å². The van der Waals surface area contributed by atoms with Crippen molar-refractivity contribution in [3.05, 3.63) is 77.3 Å². The van der Waals surface area contributed by atoms with Crippen LogP contribution >= 0.6 is 11.6 Å². The monoisotopic (exact) mass is 437 g/mol. The van der Waals surface area contributed by atoms with E-state index in [1.54, 1.807) is 0 Å². The second-order valence-corrected chi connectivity index (χ2v) is 8.44. The number of hydrogen-bond donors (Lipinski definition) is 2. The van der Waals surface area contributed by atoms with E-state index in [1.165, 1.54) is 5.56 Å². The van der Waals surface area contributed by atoms with Gasteiger partial charge < -0.3 is 15.2 Å². The third-order valence-electron chi connectivity index (χ3n) is 5.81. The predicted octanol–water partition coefficient (Wildman–Crippen LogP) is 4.54. The van der Waals surface area contributed by atoms with Crippen LogP contribution in [0.15, 0.2) is 60.9 Å². The topological polar surface area (TPSA) is 62.2 Å². The number of carbonyl (C=O) groups excluding carboxylic acids is 1. The number of hydrogen-bond acceptors (Lipinski definition) is 4. The number of rotatable bonds is 7. The van der Waals surface area contributed by atoms with Gasteiger partial charge in [0.15, 0.2) is 0 Å². The molecule has 3 aromatic rings. The van der Waals surface area contributed by atoms with Crippen molar-refractivity contribution in [1.29, 1.82) is 0 Å². The van der Waals surface area contributed by atoms with Gasteiger partial charge in [-0.2, -0.15) is 0 Å². The highest BCUT2D eigenvalue weighted by Gasteiger charge is 2.25. The van der Waals surface area contributed by atoms with Gasteiger partial charge in [0, 0.05) is 37.6 Å². The molecule has 7 heteroatoms. The standard InChI is InChI=1S/C24H28ClN5O/c1-29-14-11-26-23(29)17-30-12-9-19(10-13-30)24(31)28-20-7-8-22(21(25)15-20)27-16-18-5-3-2-4-6-18/h2-8,11,14-15,19,27H,9-10,12-13,16-17H2,1H3,(H,28,31). The lowest BCUT2D eigenvalue weighted by molar-refractivity contribution is -0.121. The first-order valence-corrected chi connectivity index (χ1v) is 11.0. The fourth-order valence-electron chi connectivity index (χ4n) is 3.88. The molecule has 1 aromatic heterocycles. The minimum atomic E-state index is 0.0206. The van der Waals surface area contributed by atoms with Crippen molar-refractivity contribution in [2.24, 2.45) is 13.0 Å². The lowest BCUT2D eigenvalue weighted by Crippen LogP contribution is -2.38. The van der Waals surface area contributed by atoms with Crippen molar-refractivity contribution in [3.8, 4) is 0 Å². The van der Waals surface area contributed by atoms with Crippen molar-refractivity contribution in [2.45, 2.75) is 25.9 Å². The maximum absolute atomic E-state index is 12.7. The van der Waals surface area contributed by atoms with Crippen molar-refractivity contribution >= 4 is 28.9 Å². The summed E-state index contributed by atoms with van der Waals surface area (Å²) in [5.41, 5.74) is 2.77. The van der Waals surface area contributed by atoms with Gasteiger partial charge in [0.05, 0.1) is 17.3 Å². The molecule has 6 nitrogen and oxygen atoms in total. The Morgan fingerprint density at radius 1 is 1.16 bits per heavy atom. The van der Waals surface area contributed by atoms with Crippen LogP contribution < -0.4 is 10.6 Å². The molecule has 0 atom stereocenters. The van der Waals surface area contributed by atoms with Crippen LogP contribution in [0.3, 0.4) is 0 Å². The molecule has 1 saturated heterocycles. The summed E-state index contributed by atoms with van der Waals surface area (Å²) in [5.74, 6) is 1.14. The molecule has 2 heterocycles. The van der Waals surface area contributed by atoms with Gasteiger partial charge in [0.2, 0.25) is 5.91 Å². The maximum atomic E-state index is 12.7. The van der Waals surface area contributed by atoms with E-state index in [-0.39, 0.29) is 11.8 Å². The first kappa shape index (κ1) is 21.4. The zero-order valence-corrected chi connectivity index (χ0v) is 18.5. The van der Waals surface area contributed by atoms with Gasteiger partial charge in [-0.15, -0.1) is 0 Å². The minimum absolute atomic E-state index is 0.0206. The number of anilines is 2. The Bertz CT molecular complexity index is 1010. The Morgan fingerprint density at radius 3 is 2.61 bits per heavy atom. The summed E-state index contributed by atoms with van der Waals surface area (Å²) < 4.78 is 2.04. The molecular weight excluding hydrogens is 410 g/mol. The molecule has 0 spiro atoms. The Labute approximate surface area is 188 Å². The largest absolute Gasteiger partial charge is 0.380 e. The number of nitrogens with zero attached hydrogens (tertiary/aromatic N) is 3. The first-order valence-electron chi connectivity index (χ1n) is 10.7. The van der Waals surface area contributed by atoms with E-state index in [0.717, 1.165) is 49.7 Å². The summed E-state index contributed by atoms with van der Waals surface area (Å²) in [6.45, 7) is 3.32. The van der Waals surface area contributed by atoms with E-state index >= 15 is 0 Å². The normalized spacial score (nSPS) is 15.0. The van der Waals surface area contributed by atoms with Gasteiger partial charge in [0.25, 0.3) is 0 Å². The number of imidazole rings is 1. The van der Waals surface area contributed by atoms with Gasteiger partial charge in [-0.1, -0.05) is 41.9 Å². The Hall–Kier alpha value is -2.83. The number of amides is 1. The van der Waals surface area contributed by atoms with E-state index in [9.17, 15) is 4.79 Å². The molecule has 0 radical (unpaired) electrons. The SMILES string of the molecule is Cn1ccnc1CN1CCC(C(=O)Nc2ccc(NCc3ccccc3)c(Cl)c2)CC1. The second-order valence-electron chi connectivity index (χ2n) is 8.03. The van der Waals surface area contributed by atoms with Crippen LogP contribution in [0.4, 0.5) is 11.4 Å². The van der Waals surface area contributed by atoms with Gasteiger partial charge >= 0.3 is 0 Å². The fourth-order valence-corrected chi connectivity index (χ4v) is 4.12. The molecule has 0 saturated carbocycles. The van der Waals surface area contributed by atoms with Crippen LogP contribution in [-0.2, 0) is 24.9 Å². The minimum Gasteiger partial charge on any atom is -0.380 e. The van der Waals surface area contributed by atoms with E-state index in [4.69, 9.17) is 11.6 Å². The number of likely N-dealkylation sites (tertiary alicyclic amines) is 1. The van der Waals surface area contributed by atoms with Gasteiger partial charge in [-0.25, -0.2) is 4.98 Å². The Morgan fingerprint density at radius 2 is 1.94 bits per heavy atom. The number of benzene rings is 2. The molecule has 1 aliphatic rings. The molecule has 2 N–H and O–H groups in total. The molecule has 2 aromatic carbocycles. The maximum Gasteiger partial charge on any atom is 0.227 e. The van der Waals surface area contributed by atoms with Crippen molar-refractivity contribution in [3.63, 3.8) is 0 Å². The van der Waals surface area contributed by atoms with Crippen LogP contribution in [-0.4, -0.2) is 33.4 Å². The highest BCUT2D eigenvalue weighted by atomic mass is 35.5. The van der Waals surface area contributed by atoms with Gasteiger partial charge in [-0.3, -0.25) is 9.69 Å². The molecule has 4 rings (SSSR count). The summed E-state index contributed by atoms with van der Waals surface area (Å²) >= 11 is 6.44. The smallest absolute Gasteiger partial charge is 0.227 e. The summed E-state index contributed by atoms with van der Waals surface area (Å²) in [4.78, 5) is 19.5. The number of aromatic nitrogens is 2. The number of carbonyl (C=O) groups is 1. The van der Waals surface area contributed by atoms with Crippen LogP contribution in [0, 0.1) is 5.92 Å². The van der Waals surface area contributed by atoms with E-state index < -0.39 is 0 Å². The van der Waals surface area contributed by atoms with E-state index in [1.807, 2.05) is 60.4 Å². The third-order valence-corrected chi connectivity index (χ3v) is 6.12. The van der Waals surface area contributed by atoms with E-state index in [0.29, 0.717) is 11.6 Å². The first-order chi connectivity index (χ1) is 15.1. The summed E-state index contributed by atoms with van der Waals surface area (Å²) in [6, 6.07) is 15.8. The number of aryl methyl sites for hydroxylation is 1. The number of halogens is 1. The molecule has 0 bridgehead atoms. The summed E-state index contributed by atoms with van der Waals surface area (Å²) in [6.07, 6.45) is 5.48. The summed E-state index contributed by atoms with van der Waals surface area (Å²) in [5, 5.41) is 6.98. The second kappa shape index (κ2) is 9.98. The zero-order chi connectivity index (χ0) is 21.6. The average Bonchev–Trinajstić information content (AvgIpc) is 3.18. The van der Waals surface area contributed by atoms with Crippen molar-refractivity contribution in [1.82, 2.24) is 14.5 Å². The highest BCUT2D eigenvalue weighted by molar-refractivity contribution is 6.33. The molecule has 1 fully saturated rings.